The van der Waals surface area contributed by atoms with Gasteiger partial charge in [0.15, 0.2) is 5.78 Å². The van der Waals surface area contributed by atoms with Gasteiger partial charge in [0.1, 0.15) is 12.4 Å². The third-order valence-corrected chi connectivity index (χ3v) is 2.28. The van der Waals surface area contributed by atoms with Crippen molar-refractivity contribution in [3.63, 3.8) is 0 Å². The van der Waals surface area contributed by atoms with Gasteiger partial charge in [0.25, 0.3) is 0 Å². The maximum absolute atomic E-state index is 11.3. The van der Waals surface area contributed by atoms with E-state index in [0.717, 1.165) is 5.57 Å². The molecule has 1 aromatic rings. The van der Waals surface area contributed by atoms with Crippen LogP contribution in [-0.2, 0) is 0 Å². The highest BCUT2D eigenvalue weighted by molar-refractivity contribution is 6.25. The summed E-state index contributed by atoms with van der Waals surface area (Å²) in [4.78, 5) is 11.3. The lowest BCUT2D eigenvalue weighted by Gasteiger charge is -2.09. The molecule has 0 aliphatic carbocycles. The summed E-state index contributed by atoms with van der Waals surface area (Å²) in [6, 6.07) is 7.17. The summed E-state index contributed by atoms with van der Waals surface area (Å²) in [6.45, 7) is 3.78. The molecule has 0 spiro atoms. The van der Waals surface area contributed by atoms with Gasteiger partial charge in [0, 0.05) is 5.54 Å². The van der Waals surface area contributed by atoms with E-state index < -0.39 is 0 Å². The minimum Gasteiger partial charge on any atom is -0.488 e. The molecule has 0 radical (unpaired) electrons. The fourth-order valence-corrected chi connectivity index (χ4v) is 1.17. The lowest BCUT2D eigenvalue weighted by molar-refractivity contribution is 0.101. The average molecular weight is 225 g/mol. The first kappa shape index (κ1) is 11.8. The molecule has 0 aliphatic heterocycles. The maximum atomic E-state index is 11.3. The highest BCUT2D eigenvalue weighted by Gasteiger charge is 2.06. The van der Waals surface area contributed by atoms with Crippen LogP contribution in [0.4, 0.5) is 0 Å². The predicted octanol–water partition coefficient (Wildman–Crippen LogP) is 3.41. The molecule has 0 amide bonds. The zero-order chi connectivity index (χ0) is 11.3. The van der Waals surface area contributed by atoms with Crippen molar-refractivity contribution in [3.8, 4) is 5.75 Å². The summed E-state index contributed by atoms with van der Waals surface area (Å²) >= 11 is 5.51. The Bertz CT molecular complexity index is 383. The second kappa shape index (κ2) is 5.56. The zero-order valence-electron chi connectivity index (χ0n) is 8.79. The second-order valence-electron chi connectivity index (χ2n) is 3.30. The molecule has 0 fully saturated rings. The number of halogens is 1. The Labute approximate surface area is 94.5 Å². The van der Waals surface area contributed by atoms with Crippen molar-refractivity contribution in [1.29, 1.82) is 0 Å². The van der Waals surface area contributed by atoms with Crippen LogP contribution in [0.5, 0.6) is 5.75 Å². The zero-order valence-corrected chi connectivity index (χ0v) is 9.54. The summed E-state index contributed by atoms with van der Waals surface area (Å²) in [7, 11) is 0. The van der Waals surface area contributed by atoms with Crippen molar-refractivity contribution in [2.24, 2.45) is 0 Å². The highest BCUT2D eigenvalue weighted by Crippen LogP contribution is 2.18. The molecular formula is C12H13ClO2. The number of hydrogen-bond acceptors (Lipinski definition) is 2. The number of ketones is 1. The highest BCUT2D eigenvalue weighted by atomic mass is 35.5. The van der Waals surface area contributed by atoms with Crippen LogP contribution in [-0.4, -0.2) is 12.4 Å². The fourth-order valence-electron chi connectivity index (χ4n) is 1.11. The second-order valence-corrected chi connectivity index (χ2v) is 3.51. The van der Waals surface area contributed by atoms with Crippen molar-refractivity contribution >= 4 is 17.4 Å². The smallest absolute Gasteiger partial charge is 0.163 e. The lowest BCUT2D eigenvalue weighted by Crippen LogP contribution is -2.03. The molecule has 0 heterocycles. The first-order chi connectivity index (χ1) is 7.15. The quantitative estimate of drug-likeness (QED) is 0.733. The summed E-state index contributed by atoms with van der Waals surface area (Å²) in [5.74, 6) is 0.598. The Balaban J connectivity index is 2.80. The number of hydrogen-bond donors (Lipinski definition) is 0. The number of rotatable bonds is 4. The molecule has 1 aromatic carbocycles. The van der Waals surface area contributed by atoms with Crippen molar-refractivity contribution in [2.75, 3.05) is 6.61 Å². The van der Waals surface area contributed by atoms with Gasteiger partial charge in [-0.25, -0.2) is 0 Å². The van der Waals surface area contributed by atoms with Gasteiger partial charge in [0.2, 0.25) is 0 Å². The van der Waals surface area contributed by atoms with Crippen molar-refractivity contribution in [2.45, 2.75) is 13.8 Å². The molecule has 0 saturated heterocycles. The van der Waals surface area contributed by atoms with Gasteiger partial charge >= 0.3 is 0 Å². The SMILES string of the molecule is CC(=O)c1ccccc1OC/C(C)=C/Cl. The largest absolute Gasteiger partial charge is 0.488 e. The van der Waals surface area contributed by atoms with Crippen LogP contribution in [0.15, 0.2) is 35.4 Å². The number of Topliss-reactive ketones (excluding diaryl/α,β-unsaturated/α-hetero) is 1. The van der Waals surface area contributed by atoms with Crippen LogP contribution in [0.3, 0.4) is 0 Å². The number of para-hydroxylation sites is 1. The summed E-state index contributed by atoms with van der Waals surface area (Å²) in [6.07, 6.45) is 0. The van der Waals surface area contributed by atoms with Gasteiger partial charge in [-0.15, -0.1) is 0 Å². The van der Waals surface area contributed by atoms with Crippen molar-refractivity contribution < 1.29 is 9.53 Å². The summed E-state index contributed by atoms with van der Waals surface area (Å²) in [5, 5.41) is 0. The molecule has 2 nitrogen and oxygen atoms in total. The van der Waals surface area contributed by atoms with Crippen molar-refractivity contribution in [3.05, 3.63) is 40.9 Å². The topological polar surface area (TPSA) is 26.3 Å². The van der Waals surface area contributed by atoms with E-state index in [0.29, 0.717) is 17.9 Å². The minimum atomic E-state index is -0.00175. The third-order valence-electron chi connectivity index (χ3n) is 1.91. The van der Waals surface area contributed by atoms with E-state index >= 15 is 0 Å². The van der Waals surface area contributed by atoms with Gasteiger partial charge < -0.3 is 4.74 Å². The Kier molecular flexibility index (Phi) is 4.37. The van der Waals surface area contributed by atoms with Gasteiger partial charge in [-0.05, 0) is 31.6 Å². The molecule has 80 valence electrons. The van der Waals surface area contributed by atoms with Crippen LogP contribution in [0.25, 0.3) is 0 Å². The van der Waals surface area contributed by atoms with Crippen molar-refractivity contribution in [1.82, 2.24) is 0 Å². The van der Waals surface area contributed by atoms with Crippen LogP contribution >= 0.6 is 11.6 Å². The first-order valence-corrected chi connectivity index (χ1v) is 5.07. The minimum absolute atomic E-state index is 0.00175. The van der Waals surface area contributed by atoms with Gasteiger partial charge in [0.05, 0.1) is 5.56 Å². The van der Waals surface area contributed by atoms with Gasteiger partial charge in [-0.3, -0.25) is 4.79 Å². The molecule has 0 aromatic heterocycles. The van der Waals surface area contributed by atoms with E-state index in [1.54, 1.807) is 12.1 Å². The average Bonchev–Trinajstić information content (AvgIpc) is 2.26. The molecule has 0 unspecified atom stereocenters. The molecule has 15 heavy (non-hydrogen) atoms. The third kappa shape index (κ3) is 3.40. The molecule has 0 atom stereocenters. The van der Waals surface area contributed by atoms with Crippen LogP contribution < -0.4 is 4.74 Å². The first-order valence-electron chi connectivity index (χ1n) is 4.63. The summed E-state index contributed by atoms with van der Waals surface area (Å²) < 4.78 is 5.48. The lowest BCUT2D eigenvalue weighted by atomic mass is 10.1. The van der Waals surface area contributed by atoms with E-state index in [2.05, 4.69) is 0 Å². The molecule has 1 rings (SSSR count). The number of carbonyl (C=O) groups is 1. The fraction of sp³-hybridized carbons (Fsp3) is 0.250. The summed E-state index contributed by atoms with van der Waals surface area (Å²) in [5.41, 5.74) is 2.98. The Morgan fingerprint density at radius 3 is 2.67 bits per heavy atom. The Morgan fingerprint density at radius 2 is 2.07 bits per heavy atom. The van der Waals surface area contributed by atoms with E-state index in [4.69, 9.17) is 16.3 Å². The van der Waals surface area contributed by atoms with Gasteiger partial charge in [-0.1, -0.05) is 23.7 Å². The number of ether oxygens (including phenoxy) is 1. The van der Waals surface area contributed by atoms with E-state index in [1.807, 2.05) is 19.1 Å². The normalized spacial score (nSPS) is 11.3. The molecule has 0 bridgehead atoms. The van der Waals surface area contributed by atoms with E-state index in [-0.39, 0.29) is 5.78 Å². The monoisotopic (exact) mass is 224 g/mol. The standard InChI is InChI=1S/C12H13ClO2/c1-9(7-13)8-15-12-6-4-3-5-11(12)10(2)14/h3-7H,8H2,1-2H3/b9-7+. The van der Waals surface area contributed by atoms with E-state index in [1.165, 1.54) is 12.5 Å². The molecular weight excluding hydrogens is 212 g/mol. The molecule has 0 aliphatic rings. The molecule has 3 heteroatoms. The van der Waals surface area contributed by atoms with Crippen LogP contribution in [0, 0.1) is 0 Å². The number of carbonyl (C=O) groups excluding carboxylic acids is 1. The number of benzene rings is 1. The van der Waals surface area contributed by atoms with Crippen LogP contribution in [0.1, 0.15) is 24.2 Å². The maximum Gasteiger partial charge on any atom is 0.163 e. The predicted molar refractivity (Wildman–Crippen MR) is 61.6 cm³/mol. The van der Waals surface area contributed by atoms with Crippen LogP contribution in [0.2, 0.25) is 0 Å². The Morgan fingerprint density at radius 1 is 1.40 bits per heavy atom. The van der Waals surface area contributed by atoms with E-state index in [9.17, 15) is 4.79 Å². The molecule has 0 saturated carbocycles. The Hall–Kier alpha value is -1.28. The molecule has 0 N–H and O–H groups in total. The van der Waals surface area contributed by atoms with Gasteiger partial charge in [-0.2, -0.15) is 0 Å².